The number of fused-ring (bicyclic) bond motifs is 2. The Morgan fingerprint density at radius 2 is 1.62 bits per heavy atom. The van der Waals surface area contributed by atoms with E-state index in [0.717, 1.165) is 36.9 Å². The highest BCUT2D eigenvalue weighted by molar-refractivity contribution is 7.92. The lowest BCUT2D eigenvalue weighted by atomic mass is 9.66. The van der Waals surface area contributed by atoms with Crippen LogP contribution >= 0.6 is 0 Å². The summed E-state index contributed by atoms with van der Waals surface area (Å²) in [6, 6.07) is 11.7. The van der Waals surface area contributed by atoms with Crippen molar-refractivity contribution in [3.8, 4) is 0 Å². The van der Waals surface area contributed by atoms with E-state index in [-0.39, 0.29) is 33.4 Å². The Bertz CT molecular complexity index is 1500. The molecule has 10 heteroatoms. The van der Waals surface area contributed by atoms with Gasteiger partial charge in [0.25, 0.3) is 5.91 Å². The fourth-order valence-corrected chi connectivity index (χ4v) is 7.91. The van der Waals surface area contributed by atoms with Gasteiger partial charge in [0, 0.05) is 34.4 Å². The molecule has 1 aliphatic heterocycles. The zero-order valence-electron chi connectivity index (χ0n) is 23.2. The van der Waals surface area contributed by atoms with Crippen LogP contribution in [0.5, 0.6) is 0 Å². The van der Waals surface area contributed by atoms with E-state index in [0.29, 0.717) is 23.2 Å². The first-order chi connectivity index (χ1) is 18.2. The van der Waals surface area contributed by atoms with E-state index < -0.39 is 19.9 Å². The quantitative estimate of drug-likeness (QED) is 0.491. The second kappa shape index (κ2) is 9.59. The van der Waals surface area contributed by atoms with Crippen LogP contribution < -0.4 is 14.9 Å². The van der Waals surface area contributed by atoms with Crippen LogP contribution in [0.4, 0.5) is 11.4 Å². The van der Waals surface area contributed by atoms with Gasteiger partial charge < -0.3 is 4.90 Å². The van der Waals surface area contributed by atoms with E-state index in [2.05, 4.69) is 10.0 Å². The average molecular weight is 574 g/mol. The molecular weight excluding hydrogens is 534 g/mol. The highest BCUT2D eigenvalue weighted by Crippen LogP contribution is 2.62. The van der Waals surface area contributed by atoms with Gasteiger partial charge in [0.05, 0.1) is 10.6 Å². The first kappa shape index (κ1) is 28.1. The molecule has 8 nitrogen and oxygen atoms in total. The third-order valence-corrected chi connectivity index (χ3v) is 11.5. The maximum absolute atomic E-state index is 13.9. The average Bonchev–Trinajstić information content (AvgIpc) is 3.59. The fourth-order valence-electron chi connectivity index (χ4n) is 5.90. The Morgan fingerprint density at radius 1 is 0.949 bits per heavy atom. The van der Waals surface area contributed by atoms with Gasteiger partial charge in [-0.25, -0.2) is 16.8 Å². The molecule has 2 N–H and O–H groups in total. The predicted molar refractivity (Wildman–Crippen MR) is 154 cm³/mol. The molecule has 2 aromatic carbocycles. The Hall–Kier alpha value is -2.43. The molecule has 39 heavy (non-hydrogen) atoms. The summed E-state index contributed by atoms with van der Waals surface area (Å²) in [5.41, 5.74) is 2.45. The van der Waals surface area contributed by atoms with Crippen molar-refractivity contribution in [1.82, 2.24) is 5.32 Å². The Morgan fingerprint density at radius 3 is 2.23 bits per heavy atom. The smallest absolute Gasteiger partial charge is 0.258 e. The van der Waals surface area contributed by atoms with Gasteiger partial charge in [-0.05, 0) is 114 Å². The van der Waals surface area contributed by atoms with Crippen LogP contribution in [0.2, 0.25) is 0 Å². The number of sulfone groups is 1. The Balaban J connectivity index is 1.47. The molecule has 1 amide bonds. The fraction of sp³-hybridized carbons (Fsp3) is 0.552. The summed E-state index contributed by atoms with van der Waals surface area (Å²) in [5.74, 6) is -0.489. The number of hydrogen-bond donors (Lipinski definition) is 2. The molecule has 3 aliphatic rings. The molecule has 0 saturated heterocycles. The second-order valence-corrected chi connectivity index (χ2v) is 16.6. The van der Waals surface area contributed by atoms with E-state index in [1.165, 1.54) is 25.0 Å². The van der Waals surface area contributed by atoms with Crippen molar-refractivity contribution in [2.75, 3.05) is 27.8 Å². The summed E-state index contributed by atoms with van der Waals surface area (Å²) in [6.07, 6.45) is 6.63. The van der Waals surface area contributed by atoms with E-state index in [1.807, 2.05) is 32.9 Å². The molecule has 2 saturated carbocycles. The molecule has 212 valence electrons. The third kappa shape index (κ3) is 5.74. The van der Waals surface area contributed by atoms with Gasteiger partial charge in [0.2, 0.25) is 10.0 Å². The first-order valence-corrected chi connectivity index (χ1v) is 17.0. The summed E-state index contributed by atoms with van der Waals surface area (Å²) < 4.78 is 53.2. The predicted octanol–water partition coefficient (Wildman–Crippen LogP) is 4.82. The topological polar surface area (TPSA) is 113 Å². The Kier molecular flexibility index (Phi) is 6.91. The number of benzene rings is 2. The van der Waals surface area contributed by atoms with E-state index in [1.54, 1.807) is 30.0 Å². The molecule has 0 bridgehead atoms. The number of anilines is 2. The zero-order valence-corrected chi connectivity index (χ0v) is 24.8. The van der Waals surface area contributed by atoms with E-state index in [9.17, 15) is 21.6 Å². The van der Waals surface area contributed by atoms with Gasteiger partial charge in [0.15, 0.2) is 9.84 Å². The van der Waals surface area contributed by atoms with Gasteiger partial charge in [-0.15, -0.1) is 0 Å². The molecular formula is C29H39N3O5S2. The summed E-state index contributed by atoms with van der Waals surface area (Å²) >= 11 is 0. The van der Waals surface area contributed by atoms with Crippen molar-refractivity contribution in [2.24, 2.45) is 5.41 Å². The molecule has 0 unspecified atom stereocenters. The van der Waals surface area contributed by atoms with Crippen LogP contribution in [-0.2, 0) is 25.3 Å². The minimum absolute atomic E-state index is 0.0210. The van der Waals surface area contributed by atoms with E-state index in [4.69, 9.17) is 0 Å². The summed E-state index contributed by atoms with van der Waals surface area (Å²) in [4.78, 5) is 15.8. The zero-order chi connectivity index (χ0) is 28.3. The van der Waals surface area contributed by atoms with Gasteiger partial charge >= 0.3 is 0 Å². The molecule has 2 fully saturated rings. The second-order valence-electron chi connectivity index (χ2n) is 12.6. The van der Waals surface area contributed by atoms with Gasteiger partial charge in [-0.1, -0.05) is 6.07 Å². The molecule has 0 atom stereocenters. The summed E-state index contributed by atoms with van der Waals surface area (Å²) in [6.45, 7) is 7.80. The third-order valence-electron chi connectivity index (χ3n) is 8.68. The molecule has 2 aliphatic carbocycles. The largest absolute Gasteiger partial charge is 0.307 e. The minimum atomic E-state index is -3.64. The van der Waals surface area contributed by atoms with Crippen LogP contribution in [0.3, 0.4) is 0 Å². The molecule has 2 spiro atoms. The highest BCUT2D eigenvalue weighted by atomic mass is 32.2. The number of amides is 1. The molecule has 0 aromatic heterocycles. The molecule has 1 heterocycles. The van der Waals surface area contributed by atoms with Crippen molar-refractivity contribution in [3.05, 3.63) is 53.6 Å². The number of nitrogens with zero attached hydrogens (tertiary/aromatic N) is 1. The van der Waals surface area contributed by atoms with E-state index >= 15 is 0 Å². The molecule has 5 rings (SSSR count). The number of sulfonamides is 1. The summed E-state index contributed by atoms with van der Waals surface area (Å²) in [5, 5.41) is 3.02. The first-order valence-electron chi connectivity index (χ1n) is 13.7. The SMILES string of the molecule is CCS(=O)(=O)Nc1ccc2c(c1)C1(CCC3(CC3)CC1)CN2C(=O)c1cccc(S(=O)(=O)CNC(C)(C)C)c1. The minimum Gasteiger partial charge on any atom is -0.307 e. The number of rotatable bonds is 7. The van der Waals surface area contributed by atoms with Gasteiger partial charge in [0.1, 0.15) is 5.88 Å². The number of carbonyl (C=O) groups excluding carboxylic acids is 1. The van der Waals surface area contributed by atoms with Crippen molar-refractivity contribution < 1.29 is 21.6 Å². The van der Waals surface area contributed by atoms with Gasteiger partial charge in [-0.2, -0.15) is 0 Å². The normalized spacial score (nSPS) is 19.7. The highest BCUT2D eigenvalue weighted by Gasteiger charge is 2.53. The van der Waals surface area contributed by atoms with Crippen LogP contribution in [0, 0.1) is 5.41 Å². The van der Waals surface area contributed by atoms with Crippen molar-refractivity contribution >= 4 is 37.1 Å². The Labute approximate surface area is 232 Å². The molecule has 2 aromatic rings. The maximum Gasteiger partial charge on any atom is 0.258 e. The number of carbonyl (C=O) groups is 1. The monoisotopic (exact) mass is 573 g/mol. The number of nitrogens with one attached hydrogen (secondary N) is 2. The van der Waals surface area contributed by atoms with Crippen molar-refractivity contribution in [3.63, 3.8) is 0 Å². The lowest BCUT2D eigenvalue weighted by Crippen LogP contribution is -2.40. The van der Waals surface area contributed by atoms with Crippen LogP contribution in [0.15, 0.2) is 47.4 Å². The standard InChI is InChI=1S/C29H39N3O5S2/c1-5-39(36,37)31-22-9-10-25-24(18-22)29(15-13-28(11-12-28)14-16-29)19-32(25)26(33)21-7-6-8-23(17-21)38(34,35)20-30-27(2,3)4/h6-10,17-18,30-31H,5,11-16,19-20H2,1-4H3. The maximum atomic E-state index is 13.9. The lowest BCUT2D eigenvalue weighted by molar-refractivity contribution is 0.0980. The lowest BCUT2D eigenvalue weighted by Gasteiger charge is -2.38. The van der Waals surface area contributed by atoms with Crippen LogP contribution in [-0.4, -0.2) is 46.5 Å². The molecule has 0 radical (unpaired) electrons. The number of hydrogen-bond acceptors (Lipinski definition) is 6. The summed E-state index contributed by atoms with van der Waals surface area (Å²) in [7, 11) is -7.08. The van der Waals surface area contributed by atoms with Crippen molar-refractivity contribution in [2.45, 2.75) is 82.1 Å². The van der Waals surface area contributed by atoms with Gasteiger partial charge in [-0.3, -0.25) is 14.8 Å². The van der Waals surface area contributed by atoms with Crippen LogP contribution in [0.1, 0.15) is 82.1 Å². The van der Waals surface area contributed by atoms with Crippen LogP contribution in [0.25, 0.3) is 0 Å². The van der Waals surface area contributed by atoms with Crippen molar-refractivity contribution in [1.29, 1.82) is 0 Å².